The van der Waals surface area contributed by atoms with Gasteiger partial charge in [0.05, 0.1) is 17.9 Å². The molecule has 1 aromatic carbocycles. The normalized spacial score (nSPS) is 21.6. The molecular weight excluding hydrogens is 284 g/mol. The monoisotopic (exact) mass is 302 g/mol. The summed E-state index contributed by atoms with van der Waals surface area (Å²) in [6, 6.07) is 7.22. The number of ether oxygens (including phenoxy) is 1. The Morgan fingerprint density at radius 1 is 1.23 bits per heavy atom. The van der Waals surface area contributed by atoms with Crippen molar-refractivity contribution in [3.63, 3.8) is 0 Å². The van der Waals surface area contributed by atoms with Crippen molar-refractivity contribution >= 4 is 11.7 Å². The van der Waals surface area contributed by atoms with Crippen LogP contribution in [0.2, 0.25) is 0 Å². The Bertz CT molecular complexity index is 617. The number of benzene rings is 1. The second-order valence-electron chi connectivity index (χ2n) is 5.39. The summed E-state index contributed by atoms with van der Waals surface area (Å²) < 4.78 is 7.18. The van der Waals surface area contributed by atoms with E-state index >= 15 is 0 Å². The molecule has 2 amide bonds. The fraction of sp³-hybridized carbons (Fsp3) is 0.429. The second kappa shape index (κ2) is 6.10. The van der Waals surface area contributed by atoms with E-state index in [4.69, 9.17) is 4.74 Å². The number of nitrogens with one attached hydrogen (secondary N) is 1. The summed E-state index contributed by atoms with van der Waals surface area (Å²) in [4.78, 5) is 14.1. The van der Waals surface area contributed by atoms with Crippen LogP contribution in [0.15, 0.2) is 30.6 Å². The molecule has 0 spiro atoms. The van der Waals surface area contributed by atoms with Gasteiger partial charge in [-0.15, -0.1) is 5.10 Å². The van der Waals surface area contributed by atoms with E-state index in [2.05, 4.69) is 20.8 Å². The van der Waals surface area contributed by atoms with Crippen LogP contribution in [0.3, 0.4) is 0 Å². The molecule has 1 aromatic heterocycles. The van der Waals surface area contributed by atoms with Gasteiger partial charge in [-0.2, -0.15) is 0 Å². The van der Waals surface area contributed by atoms with Gasteiger partial charge in [-0.3, -0.25) is 0 Å². The quantitative estimate of drug-likeness (QED) is 0.904. The number of nitrogens with zero attached hydrogens (tertiary/aromatic N) is 5. The number of carbonyl (C=O) groups excluding carboxylic acids is 1. The van der Waals surface area contributed by atoms with Gasteiger partial charge < -0.3 is 15.0 Å². The van der Waals surface area contributed by atoms with Crippen molar-refractivity contribution < 1.29 is 9.53 Å². The third-order valence-electron chi connectivity index (χ3n) is 3.44. The predicted octanol–water partition coefficient (Wildman–Crippen LogP) is 1.30. The Hall–Kier alpha value is -2.48. The summed E-state index contributed by atoms with van der Waals surface area (Å²) in [7, 11) is 0. The lowest BCUT2D eigenvalue weighted by Gasteiger charge is -2.35. The van der Waals surface area contributed by atoms with E-state index in [0.717, 1.165) is 11.4 Å². The Labute approximate surface area is 128 Å². The van der Waals surface area contributed by atoms with Crippen molar-refractivity contribution in [2.45, 2.75) is 26.1 Å². The minimum absolute atomic E-state index is 0.0525. The van der Waals surface area contributed by atoms with Gasteiger partial charge >= 0.3 is 6.03 Å². The lowest BCUT2D eigenvalue weighted by Crippen LogP contribution is -2.49. The summed E-state index contributed by atoms with van der Waals surface area (Å²) in [5.74, 6) is 0. The highest BCUT2D eigenvalue weighted by Crippen LogP contribution is 2.15. The van der Waals surface area contributed by atoms with E-state index < -0.39 is 0 Å². The third-order valence-corrected chi connectivity index (χ3v) is 3.44. The number of aromatic nitrogens is 4. The standard InChI is InChI=1S/C14H18N6O2/c1-10-7-19(8-11(2)22-10)14(21)16-12-3-5-13(6-4-12)20-9-15-17-18-20/h3-6,9-11H,7-8H2,1-2H3,(H,16,21)/t10-,11-/m0/s1. The number of tetrazole rings is 1. The minimum atomic E-state index is -0.114. The van der Waals surface area contributed by atoms with Gasteiger partial charge in [-0.05, 0) is 48.5 Å². The number of amides is 2. The zero-order valence-electron chi connectivity index (χ0n) is 12.5. The first-order valence-electron chi connectivity index (χ1n) is 7.16. The maximum absolute atomic E-state index is 12.3. The highest BCUT2D eigenvalue weighted by atomic mass is 16.5. The molecular formula is C14H18N6O2. The molecule has 1 aliphatic rings. The van der Waals surface area contributed by atoms with Crippen LogP contribution in [-0.4, -0.2) is 56.4 Å². The van der Waals surface area contributed by atoms with Gasteiger partial charge in [0.1, 0.15) is 6.33 Å². The number of morpholine rings is 1. The third kappa shape index (κ3) is 3.22. The maximum atomic E-state index is 12.3. The first-order chi connectivity index (χ1) is 10.6. The lowest BCUT2D eigenvalue weighted by molar-refractivity contribution is -0.0530. The van der Waals surface area contributed by atoms with E-state index in [1.165, 1.54) is 6.33 Å². The number of anilines is 1. The number of hydrogen-bond donors (Lipinski definition) is 1. The van der Waals surface area contributed by atoms with E-state index in [0.29, 0.717) is 13.1 Å². The number of hydrogen-bond acceptors (Lipinski definition) is 5. The molecule has 1 aliphatic heterocycles. The molecule has 22 heavy (non-hydrogen) atoms. The first kappa shape index (κ1) is 14.5. The van der Waals surface area contributed by atoms with E-state index in [1.54, 1.807) is 9.58 Å². The van der Waals surface area contributed by atoms with Gasteiger partial charge in [0.25, 0.3) is 0 Å². The van der Waals surface area contributed by atoms with E-state index in [1.807, 2.05) is 38.1 Å². The van der Waals surface area contributed by atoms with Crippen LogP contribution in [0.1, 0.15) is 13.8 Å². The van der Waals surface area contributed by atoms with Crippen LogP contribution in [0, 0.1) is 0 Å². The van der Waals surface area contributed by atoms with E-state index in [-0.39, 0.29) is 18.2 Å². The van der Waals surface area contributed by atoms with Gasteiger partial charge in [-0.1, -0.05) is 0 Å². The highest BCUT2D eigenvalue weighted by molar-refractivity contribution is 5.89. The molecule has 0 bridgehead atoms. The molecule has 1 N–H and O–H groups in total. The van der Waals surface area contributed by atoms with Gasteiger partial charge in [0.2, 0.25) is 0 Å². The number of urea groups is 1. The summed E-state index contributed by atoms with van der Waals surface area (Å²) >= 11 is 0. The van der Waals surface area contributed by atoms with Crippen LogP contribution < -0.4 is 5.32 Å². The summed E-state index contributed by atoms with van der Waals surface area (Å²) in [6.45, 7) is 5.13. The van der Waals surface area contributed by atoms with Crippen molar-refractivity contribution in [2.75, 3.05) is 18.4 Å². The summed E-state index contributed by atoms with van der Waals surface area (Å²) in [5, 5.41) is 13.9. The molecule has 2 atom stereocenters. The molecule has 0 unspecified atom stereocenters. The van der Waals surface area contributed by atoms with Crippen LogP contribution in [0.5, 0.6) is 0 Å². The first-order valence-corrected chi connectivity index (χ1v) is 7.16. The maximum Gasteiger partial charge on any atom is 0.322 e. The van der Waals surface area contributed by atoms with Crippen LogP contribution in [-0.2, 0) is 4.74 Å². The fourth-order valence-corrected chi connectivity index (χ4v) is 2.52. The van der Waals surface area contributed by atoms with Crippen molar-refractivity contribution in [3.8, 4) is 5.69 Å². The molecule has 1 fully saturated rings. The van der Waals surface area contributed by atoms with E-state index in [9.17, 15) is 4.79 Å². The van der Waals surface area contributed by atoms with Crippen molar-refractivity contribution in [1.29, 1.82) is 0 Å². The van der Waals surface area contributed by atoms with Crippen molar-refractivity contribution in [3.05, 3.63) is 30.6 Å². The molecule has 0 radical (unpaired) electrons. The molecule has 0 aliphatic carbocycles. The van der Waals surface area contributed by atoms with Gasteiger partial charge in [-0.25, -0.2) is 9.48 Å². The Morgan fingerprint density at radius 2 is 1.91 bits per heavy atom. The summed E-state index contributed by atoms with van der Waals surface area (Å²) in [5.41, 5.74) is 1.56. The van der Waals surface area contributed by atoms with Crippen molar-refractivity contribution in [1.82, 2.24) is 25.1 Å². The zero-order valence-corrected chi connectivity index (χ0v) is 12.5. The van der Waals surface area contributed by atoms with Crippen LogP contribution in [0.25, 0.3) is 5.69 Å². The Kier molecular flexibility index (Phi) is 4.01. The Morgan fingerprint density at radius 3 is 2.50 bits per heavy atom. The average molecular weight is 302 g/mol. The number of rotatable bonds is 2. The molecule has 0 saturated carbocycles. The Balaban J connectivity index is 1.64. The van der Waals surface area contributed by atoms with Gasteiger partial charge in [0.15, 0.2) is 0 Å². The predicted molar refractivity (Wildman–Crippen MR) is 79.8 cm³/mol. The fourth-order valence-electron chi connectivity index (χ4n) is 2.52. The molecule has 3 rings (SSSR count). The molecule has 116 valence electrons. The molecule has 2 heterocycles. The molecule has 1 saturated heterocycles. The average Bonchev–Trinajstić information content (AvgIpc) is 3.01. The second-order valence-corrected chi connectivity index (χ2v) is 5.39. The minimum Gasteiger partial charge on any atom is -0.372 e. The lowest BCUT2D eigenvalue weighted by atomic mass is 10.2. The van der Waals surface area contributed by atoms with Crippen LogP contribution >= 0.6 is 0 Å². The highest BCUT2D eigenvalue weighted by Gasteiger charge is 2.25. The van der Waals surface area contributed by atoms with Crippen LogP contribution in [0.4, 0.5) is 10.5 Å². The SMILES string of the molecule is C[C@H]1CN(C(=O)Nc2ccc(-n3cnnn3)cc2)C[C@H](C)O1. The molecule has 8 nitrogen and oxygen atoms in total. The van der Waals surface area contributed by atoms with Crippen molar-refractivity contribution in [2.24, 2.45) is 0 Å². The number of carbonyl (C=O) groups is 1. The zero-order chi connectivity index (χ0) is 15.5. The van der Waals surface area contributed by atoms with Gasteiger partial charge in [0, 0.05) is 18.8 Å². The topological polar surface area (TPSA) is 85.2 Å². The largest absolute Gasteiger partial charge is 0.372 e. The summed E-state index contributed by atoms with van der Waals surface area (Å²) in [6.07, 6.45) is 1.62. The molecule has 8 heteroatoms. The molecule has 2 aromatic rings. The smallest absolute Gasteiger partial charge is 0.322 e.